The number of fused-ring (bicyclic) bond motifs is 1. The fourth-order valence-corrected chi connectivity index (χ4v) is 2.00. The molecule has 1 heterocycles. The molecule has 0 saturated heterocycles. The van der Waals surface area contributed by atoms with Gasteiger partial charge in [0.2, 0.25) is 0 Å². The highest BCUT2D eigenvalue weighted by molar-refractivity contribution is 5.53. The standard InChI is InChI=1S/C12H17NO/c1-14-7-6-10-8-11-4-2-3-5-12(11)13-9-10/h2-5,10,13H,6-9H2,1H3. The monoisotopic (exact) mass is 191 g/mol. The molecule has 1 unspecified atom stereocenters. The Hall–Kier alpha value is -1.02. The number of rotatable bonds is 3. The smallest absolute Gasteiger partial charge is 0.0465 e. The summed E-state index contributed by atoms with van der Waals surface area (Å²) in [5, 5.41) is 3.47. The first kappa shape index (κ1) is 9.53. The Morgan fingerprint density at radius 3 is 3.14 bits per heavy atom. The summed E-state index contributed by atoms with van der Waals surface area (Å²) in [5.74, 6) is 0.727. The van der Waals surface area contributed by atoms with Crippen LogP contribution in [0.3, 0.4) is 0 Å². The highest BCUT2D eigenvalue weighted by atomic mass is 16.5. The highest BCUT2D eigenvalue weighted by Gasteiger charge is 2.16. The molecule has 1 aliphatic rings. The summed E-state index contributed by atoms with van der Waals surface area (Å²) >= 11 is 0. The van der Waals surface area contributed by atoms with E-state index in [0.717, 1.165) is 25.5 Å². The van der Waals surface area contributed by atoms with Crippen molar-refractivity contribution >= 4 is 5.69 Å². The Balaban J connectivity index is 1.99. The fourth-order valence-electron chi connectivity index (χ4n) is 2.00. The Kier molecular flexibility index (Phi) is 3.04. The van der Waals surface area contributed by atoms with Crippen LogP contribution >= 0.6 is 0 Å². The van der Waals surface area contributed by atoms with Gasteiger partial charge in [0.15, 0.2) is 0 Å². The maximum Gasteiger partial charge on any atom is 0.0465 e. The molecule has 1 aliphatic heterocycles. The number of anilines is 1. The maximum atomic E-state index is 5.10. The van der Waals surface area contributed by atoms with Crippen LogP contribution < -0.4 is 5.32 Å². The molecule has 14 heavy (non-hydrogen) atoms. The summed E-state index contributed by atoms with van der Waals surface area (Å²) in [6.07, 6.45) is 2.34. The lowest BCUT2D eigenvalue weighted by molar-refractivity contribution is 0.178. The first-order valence-corrected chi connectivity index (χ1v) is 5.21. The van der Waals surface area contributed by atoms with E-state index in [-0.39, 0.29) is 0 Å². The average Bonchev–Trinajstić information content (AvgIpc) is 2.26. The van der Waals surface area contributed by atoms with E-state index < -0.39 is 0 Å². The van der Waals surface area contributed by atoms with Crippen molar-refractivity contribution in [3.63, 3.8) is 0 Å². The van der Waals surface area contributed by atoms with Crippen molar-refractivity contribution in [3.05, 3.63) is 29.8 Å². The highest BCUT2D eigenvalue weighted by Crippen LogP contribution is 2.25. The zero-order valence-electron chi connectivity index (χ0n) is 8.62. The Morgan fingerprint density at radius 1 is 1.43 bits per heavy atom. The lowest BCUT2D eigenvalue weighted by Crippen LogP contribution is -2.24. The van der Waals surface area contributed by atoms with E-state index in [1.54, 1.807) is 7.11 Å². The average molecular weight is 191 g/mol. The van der Waals surface area contributed by atoms with E-state index in [2.05, 4.69) is 29.6 Å². The van der Waals surface area contributed by atoms with Gasteiger partial charge in [0.05, 0.1) is 0 Å². The predicted octanol–water partition coefficient (Wildman–Crippen LogP) is 2.31. The molecule has 76 valence electrons. The zero-order chi connectivity index (χ0) is 9.80. The Morgan fingerprint density at radius 2 is 2.29 bits per heavy atom. The van der Waals surface area contributed by atoms with Gasteiger partial charge in [0.25, 0.3) is 0 Å². The van der Waals surface area contributed by atoms with Gasteiger partial charge >= 0.3 is 0 Å². The molecule has 1 atom stereocenters. The van der Waals surface area contributed by atoms with Gasteiger partial charge in [-0.15, -0.1) is 0 Å². The number of methoxy groups -OCH3 is 1. The molecule has 0 amide bonds. The van der Waals surface area contributed by atoms with E-state index in [9.17, 15) is 0 Å². The Labute approximate surface area is 85.3 Å². The second-order valence-corrected chi connectivity index (χ2v) is 3.89. The van der Waals surface area contributed by atoms with Crippen LogP contribution in [0.5, 0.6) is 0 Å². The molecule has 0 saturated carbocycles. The fraction of sp³-hybridized carbons (Fsp3) is 0.500. The molecule has 0 aromatic heterocycles. The topological polar surface area (TPSA) is 21.3 Å². The van der Waals surface area contributed by atoms with Gasteiger partial charge in [-0.1, -0.05) is 18.2 Å². The first-order chi connectivity index (χ1) is 6.90. The van der Waals surface area contributed by atoms with Gasteiger partial charge in [0.1, 0.15) is 0 Å². The molecule has 1 aromatic rings. The minimum Gasteiger partial charge on any atom is -0.385 e. The normalized spacial score (nSPS) is 19.9. The lowest BCUT2D eigenvalue weighted by atomic mass is 9.92. The number of ether oxygens (including phenoxy) is 1. The van der Waals surface area contributed by atoms with Crippen LogP contribution in [0.4, 0.5) is 5.69 Å². The molecule has 0 aliphatic carbocycles. The number of nitrogens with one attached hydrogen (secondary N) is 1. The van der Waals surface area contributed by atoms with Gasteiger partial charge in [-0.3, -0.25) is 0 Å². The van der Waals surface area contributed by atoms with E-state index >= 15 is 0 Å². The van der Waals surface area contributed by atoms with Crippen LogP contribution in [0, 0.1) is 5.92 Å². The van der Waals surface area contributed by atoms with E-state index in [4.69, 9.17) is 4.74 Å². The van der Waals surface area contributed by atoms with E-state index in [1.165, 1.54) is 17.7 Å². The SMILES string of the molecule is COCCC1CNc2ccccc2C1. The molecule has 2 nitrogen and oxygen atoms in total. The van der Waals surface area contributed by atoms with Crippen LogP contribution in [-0.4, -0.2) is 20.3 Å². The van der Waals surface area contributed by atoms with Crippen LogP contribution in [0.15, 0.2) is 24.3 Å². The molecule has 2 heteroatoms. The molecular formula is C12H17NO. The second-order valence-electron chi connectivity index (χ2n) is 3.89. The van der Waals surface area contributed by atoms with Crippen molar-refractivity contribution in [2.75, 3.05) is 25.6 Å². The summed E-state index contributed by atoms with van der Waals surface area (Å²) < 4.78 is 5.10. The molecule has 0 bridgehead atoms. The van der Waals surface area contributed by atoms with Gasteiger partial charge < -0.3 is 10.1 Å². The third-order valence-electron chi connectivity index (χ3n) is 2.84. The van der Waals surface area contributed by atoms with E-state index in [0.29, 0.717) is 0 Å². The molecule has 2 rings (SSSR count). The number of hydrogen-bond donors (Lipinski definition) is 1. The maximum absolute atomic E-state index is 5.10. The summed E-state index contributed by atoms with van der Waals surface area (Å²) in [4.78, 5) is 0. The van der Waals surface area contributed by atoms with Crippen LogP contribution in [-0.2, 0) is 11.2 Å². The molecule has 1 N–H and O–H groups in total. The second kappa shape index (κ2) is 4.47. The third kappa shape index (κ3) is 2.07. The summed E-state index contributed by atoms with van der Waals surface area (Å²) in [7, 11) is 1.77. The van der Waals surface area contributed by atoms with Crippen molar-refractivity contribution < 1.29 is 4.74 Å². The van der Waals surface area contributed by atoms with Crippen molar-refractivity contribution in [3.8, 4) is 0 Å². The zero-order valence-corrected chi connectivity index (χ0v) is 8.62. The summed E-state index contributed by atoms with van der Waals surface area (Å²) in [5.41, 5.74) is 2.75. The minimum atomic E-state index is 0.727. The van der Waals surface area contributed by atoms with E-state index in [1.807, 2.05) is 0 Å². The summed E-state index contributed by atoms with van der Waals surface area (Å²) in [6, 6.07) is 8.56. The van der Waals surface area contributed by atoms with Gasteiger partial charge in [0, 0.05) is 25.9 Å². The number of hydrogen-bond acceptors (Lipinski definition) is 2. The largest absolute Gasteiger partial charge is 0.385 e. The Bertz CT molecular complexity index is 298. The number of para-hydroxylation sites is 1. The van der Waals surface area contributed by atoms with Crippen molar-refractivity contribution in [1.82, 2.24) is 0 Å². The van der Waals surface area contributed by atoms with Gasteiger partial charge in [-0.25, -0.2) is 0 Å². The molecular weight excluding hydrogens is 174 g/mol. The molecule has 0 fully saturated rings. The van der Waals surface area contributed by atoms with Crippen molar-refractivity contribution in [1.29, 1.82) is 0 Å². The van der Waals surface area contributed by atoms with Crippen molar-refractivity contribution in [2.24, 2.45) is 5.92 Å². The van der Waals surface area contributed by atoms with Crippen LogP contribution in [0.25, 0.3) is 0 Å². The molecule has 0 spiro atoms. The predicted molar refractivity (Wildman–Crippen MR) is 58.6 cm³/mol. The van der Waals surface area contributed by atoms with Crippen molar-refractivity contribution in [2.45, 2.75) is 12.8 Å². The quantitative estimate of drug-likeness (QED) is 0.791. The molecule has 1 aromatic carbocycles. The minimum absolute atomic E-state index is 0.727. The number of benzene rings is 1. The first-order valence-electron chi connectivity index (χ1n) is 5.21. The molecule has 0 radical (unpaired) electrons. The van der Waals surface area contributed by atoms with Gasteiger partial charge in [-0.05, 0) is 30.4 Å². The lowest BCUT2D eigenvalue weighted by Gasteiger charge is -2.25. The summed E-state index contributed by atoms with van der Waals surface area (Å²) in [6.45, 7) is 1.95. The van der Waals surface area contributed by atoms with Crippen LogP contribution in [0.1, 0.15) is 12.0 Å². The van der Waals surface area contributed by atoms with Crippen LogP contribution in [0.2, 0.25) is 0 Å². The third-order valence-corrected chi connectivity index (χ3v) is 2.84. The van der Waals surface area contributed by atoms with Gasteiger partial charge in [-0.2, -0.15) is 0 Å².